The first-order valence-corrected chi connectivity index (χ1v) is 11.2. The van der Waals surface area contributed by atoms with Gasteiger partial charge in [-0.05, 0) is 44.2 Å². The van der Waals surface area contributed by atoms with Gasteiger partial charge in [0.15, 0.2) is 15.0 Å². The lowest BCUT2D eigenvalue weighted by Gasteiger charge is -2.14. The number of carbonyl (C=O) groups excluding carboxylic acids is 1. The molecule has 1 aromatic carbocycles. The molecule has 0 aliphatic carbocycles. The second-order valence-electron chi connectivity index (χ2n) is 6.33. The summed E-state index contributed by atoms with van der Waals surface area (Å²) in [4.78, 5) is 21.0. The van der Waals surface area contributed by atoms with Crippen molar-refractivity contribution in [3.63, 3.8) is 0 Å². The zero-order valence-electron chi connectivity index (χ0n) is 15.5. The van der Waals surface area contributed by atoms with E-state index in [4.69, 9.17) is 4.74 Å². The molecule has 0 aliphatic heterocycles. The van der Waals surface area contributed by atoms with Gasteiger partial charge in [-0.15, -0.1) is 11.3 Å². The topological polar surface area (TPSA) is 98.2 Å². The maximum Gasteiger partial charge on any atom is 0.257 e. The number of hydrogen-bond donors (Lipinski definition) is 1. The third-order valence-electron chi connectivity index (χ3n) is 3.64. The maximum absolute atomic E-state index is 12.7. The van der Waals surface area contributed by atoms with E-state index in [2.05, 4.69) is 15.3 Å². The quantitative estimate of drug-likeness (QED) is 0.657. The van der Waals surface area contributed by atoms with E-state index < -0.39 is 9.84 Å². The second-order valence-corrected chi connectivity index (χ2v) is 9.21. The summed E-state index contributed by atoms with van der Waals surface area (Å²) in [5, 5.41) is 4.94. The van der Waals surface area contributed by atoms with E-state index in [1.807, 2.05) is 13.8 Å². The van der Waals surface area contributed by atoms with Crippen molar-refractivity contribution >= 4 is 32.2 Å². The largest absolute Gasteiger partial charge is 0.491 e. The number of benzene rings is 1. The van der Waals surface area contributed by atoms with Crippen molar-refractivity contribution in [3.05, 3.63) is 53.7 Å². The molecule has 28 heavy (non-hydrogen) atoms. The normalized spacial score (nSPS) is 11.4. The highest BCUT2D eigenvalue weighted by atomic mass is 32.2. The number of nitrogens with one attached hydrogen (secondary N) is 1. The van der Waals surface area contributed by atoms with Crippen LogP contribution in [0.3, 0.4) is 0 Å². The number of ether oxygens (including phenoxy) is 1. The molecule has 0 bridgehead atoms. The monoisotopic (exact) mass is 417 g/mol. The number of anilines is 1. The predicted molar refractivity (Wildman–Crippen MR) is 109 cm³/mol. The smallest absolute Gasteiger partial charge is 0.257 e. The van der Waals surface area contributed by atoms with E-state index in [1.165, 1.54) is 23.6 Å². The minimum absolute atomic E-state index is 0.0861. The average Bonchev–Trinajstić information content (AvgIpc) is 3.13. The van der Waals surface area contributed by atoms with Gasteiger partial charge in [0.2, 0.25) is 0 Å². The van der Waals surface area contributed by atoms with Crippen molar-refractivity contribution in [2.75, 3.05) is 11.6 Å². The Labute approximate surface area is 167 Å². The molecular weight excluding hydrogens is 398 g/mol. The van der Waals surface area contributed by atoms with Crippen molar-refractivity contribution in [2.24, 2.45) is 0 Å². The molecule has 0 atom stereocenters. The SMILES string of the molecule is CC(C)Oc1cc(C(=O)Nc2nccs2)cc(-c2ncccc2S(C)(=O)=O)c1. The van der Waals surface area contributed by atoms with E-state index in [9.17, 15) is 13.2 Å². The zero-order chi connectivity index (χ0) is 20.3. The summed E-state index contributed by atoms with van der Waals surface area (Å²) in [6.45, 7) is 3.73. The Morgan fingerprint density at radius 1 is 1.18 bits per heavy atom. The van der Waals surface area contributed by atoms with Gasteiger partial charge in [0.05, 0.1) is 16.7 Å². The first-order chi connectivity index (χ1) is 13.2. The number of thiazole rings is 1. The van der Waals surface area contributed by atoms with Crippen molar-refractivity contribution < 1.29 is 17.9 Å². The minimum Gasteiger partial charge on any atom is -0.491 e. The average molecular weight is 418 g/mol. The zero-order valence-corrected chi connectivity index (χ0v) is 17.2. The fraction of sp³-hybridized carbons (Fsp3) is 0.211. The van der Waals surface area contributed by atoms with Crippen molar-refractivity contribution in [1.29, 1.82) is 0 Å². The van der Waals surface area contributed by atoms with Gasteiger partial charge in [-0.2, -0.15) is 0 Å². The van der Waals surface area contributed by atoms with Gasteiger partial charge in [-0.3, -0.25) is 15.1 Å². The van der Waals surface area contributed by atoms with Crippen LogP contribution in [-0.2, 0) is 9.84 Å². The van der Waals surface area contributed by atoms with Crippen LogP contribution in [0.5, 0.6) is 5.75 Å². The number of carbonyl (C=O) groups is 1. The van der Waals surface area contributed by atoms with Crippen molar-refractivity contribution in [3.8, 4) is 17.0 Å². The van der Waals surface area contributed by atoms with Gasteiger partial charge < -0.3 is 4.74 Å². The number of amides is 1. The molecule has 0 unspecified atom stereocenters. The third kappa shape index (κ3) is 4.73. The molecule has 2 aromatic heterocycles. The molecule has 9 heteroatoms. The lowest BCUT2D eigenvalue weighted by molar-refractivity contribution is 0.102. The van der Waals surface area contributed by atoms with Gasteiger partial charge in [0, 0.05) is 35.2 Å². The summed E-state index contributed by atoms with van der Waals surface area (Å²) in [6.07, 6.45) is 4.10. The van der Waals surface area contributed by atoms with E-state index in [1.54, 1.807) is 35.8 Å². The minimum atomic E-state index is -3.50. The van der Waals surface area contributed by atoms with Crippen LogP contribution in [0.2, 0.25) is 0 Å². The Bertz CT molecular complexity index is 1090. The molecule has 146 valence electrons. The Morgan fingerprint density at radius 2 is 1.96 bits per heavy atom. The standard InChI is InChI=1S/C19H19N3O4S2/c1-12(2)26-15-10-13(17-16(28(3,24)25)5-4-6-20-17)9-14(11-15)18(23)22-19-21-7-8-27-19/h4-12H,1-3H3,(H,21,22,23). The third-order valence-corrected chi connectivity index (χ3v) is 5.45. The van der Waals surface area contributed by atoms with E-state index in [-0.39, 0.29) is 22.6 Å². The summed E-state index contributed by atoms with van der Waals surface area (Å²) in [7, 11) is -3.50. The number of hydrogen-bond acceptors (Lipinski definition) is 7. The van der Waals surface area contributed by atoms with Gasteiger partial charge in [-0.1, -0.05) is 0 Å². The molecule has 0 saturated heterocycles. The fourth-order valence-corrected chi connectivity index (χ4v) is 3.94. The van der Waals surface area contributed by atoms with Crippen molar-refractivity contribution in [1.82, 2.24) is 9.97 Å². The number of rotatable bonds is 6. The number of nitrogens with zero attached hydrogens (tertiary/aromatic N) is 2. The molecular formula is C19H19N3O4S2. The van der Waals surface area contributed by atoms with Gasteiger partial charge >= 0.3 is 0 Å². The highest BCUT2D eigenvalue weighted by molar-refractivity contribution is 7.90. The summed E-state index contributed by atoms with van der Waals surface area (Å²) < 4.78 is 30.1. The van der Waals surface area contributed by atoms with Crippen LogP contribution in [0.1, 0.15) is 24.2 Å². The van der Waals surface area contributed by atoms with E-state index in [0.29, 0.717) is 22.0 Å². The molecule has 7 nitrogen and oxygen atoms in total. The van der Waals surface area contributed by atoms with Crippen LogP contribution in [0.25, 0.3) is 11.3 Å². The molecule has 0 fully saturated rings. The Kier molecular flexibility index (Phi) is 5.76. The fourth-order valence-electron chi connectivity index (χ4n) is 2.57. The first-order valence-electron chi connectivity index (χ1n) is 8.42. The first kappa shape index (κ1) is 20.0. The van der Waals surface area contributed by atoms with E-state index >= 15 is 0 Å². The van der Waals surface area contributed by atoms with Crippen LogP contribution in [-0.4, -0.2) is 36.7 Å². The molecule has 0 spiro atoms. The molecule has 0 saturated carbocycles. The molecule has 0 aliphatic rings. The summed E-state index contributed by atoms with van der Waals surface area (Å²) in [5.41, 5.74) is 1.06. The molecule has 2 heterocycles. The molecule has 0 radical (unpaired) electrons. The highest BCUT2D eigenvalue weighted by Gasteiger charge is 2.19. The number of aromatic nitrogens is 2. The second kappa shape index (κ2) is 8.07. The van der Waals surface area contributed by atoms with Gasteiger partial charge in [0.1, 0.15) is 5.75 Å². The van der Waals surface area contributed by atoms with Crippen molar-refractivity contribution in [2.45, 2.75) is 24.8 Å². The maximum atomic E-state index is 12.7. The van der Waals surface area contributed by atoms with Crippen LogP contribution >= 0.6 is 11.3 Å². The Balaban J connectivity index is 2.10. The van der Waals surface area contributed by atoms with E-state index in [0.717, 1.165) is 6.26 Å². The summed E-state index contributed by atoms with van der Waals surface area (Å²) >= 11 is 1.30. The molecule has 1 amide bonds. The Hall–Kier alpha value is -2.78. The number of sulfone groups is 1. The Morgan fingerprint density at radius 3 is 2.61 bits per heavy atom. The summed E-state index contributed by atoms with van der Waals surface area (Å²) in [5.74, 6) is 0.0733. The number of pyridine rings is 1. The lowest BCUT2D eigenvalue weighted by atomic mass is 10.1. The van der Waals surface area contributed by atoms with Crippen LogP contribution in [0.4, 0.5) is 5.13 Å². The molecule has 3 rings (SSSR count). The van der Waals surface area contributed by atoms with Crippen LogP contribution < -0.4 is 10.1 Å². The molecule has 3 aromatic rings. The van der Waals surface area contributed by atoms with Crippen LogP contribution in [0.15, 0.2) is 53.0 Å². The predicted octanol–water partition coefficient (Wildman–Crippen LogP) is 3.65. The van der Waals surface area contributed by atoms with Gasteiger partial charge in [-0.25, -0.2) is 13.4 Å². The van der Waals surface area contributed by atoms with Gasteiger partial charge in [0.25, 0.3) is 5.91 Å². The summed E-state index contributed by atoms with van der Waals surface area (Å²) in [6, 6.07) is 7.92. The lowest BCUT2D eigenvalue weighted by Crippen LogP contribution is -2.13. The van der Waals surface area contributed by atoms with Crippen LogP contribution in [0, 0.1) is 0 Å². The molecule has 1 N–H and O–H groups in total. The highest BCUT2D eigenvalue weighted by Crippen LogP contribution is 2.30.